The molecule has 0 saturated heterocycles. The molecular formula is C8H5ClN2OS. The van der Waals surface area contributed by atoms with Gasteiger partial charge in [-0.15, -0.1) is 0 Å². The van der Waals surface area contributed by atoms with Crippen LogP contribution in [0.25, 0.3) is 5.69 Å². The molecule has 66 valence electrons. The van der Waals surface area contributed by atoms with E-state index in [1.807, 2.05) is 30.3 Å². The first kappa shape index (κ1) is 8.47. The molecule has 3 nitrogen and oxygen atoms in total. The number of para-hydroxylation sites is 1. The second-order valence-electron chi connectivity index (χ2n) is 2.40. The third-order valence-electron chi connectivity index (χ3n) is 1.56. The Balaban J connectivity index is 2.53. The Bertz CT molecular complexity index is 415. The molecule has 13 heavy (non-hydrogen) atoms. The van der Waals surface area contributed by atoms with Crippen LogP contribution in [0.3, 0.4) is 0 Å². The minimum Gasteiger partial charge on any atom is -0.859 e. The Morgan fingerprint density at radius 3 is 2.54 bits per heavy atom. The highest BCUT2D eigenvalue weighted by Gasteiger charge is 2.16. The van der Waals surface area contributed by atoms with Gasteiger partial charge in [0, 0.05) is 23.7 Å². The lowest BCUT2D eigenvalue weighted by atomic mass is 10.3. The Hall–Kier alpha value is -1.13. The first-order chi connectivity index (χ1) is 6.29. The van der Waals surface area contributed by atoms with Crippen LogP contribution in [0.4, 0.5) is 0 Å². The number of hydrogen-bond acceptors (Lipinski definition) is 3. The summed E-state index contributed by atoms with van der Waals surface area (Å²) in [4.78, 5) is 0. The molecule has 0 N–H and O–H groups in total. The van der Waals surface area contributed by atoms with E-state index in [1.54, 1.807) is 0 Å². The monoisotopic (exact) mass is 212 g/mol. The summed E-state index contributed by atoms with van der Waals surface area (Å²) < 4.78 is 5.32. The lowest BCUT2D eigenvalue weighted by molar-refractivity contribution is -0.650. The van der Waals surface area contributed by atoms with Crippen molar-refractivity contribution in [3.8, 4) is 10.8 Å². The van der Waals surface area contributed by atoms with Gasteiger partial charge < -0.3 is 5.11 Å². The summed E-state index contributed by atoms with van der Waals surface area (Å²) in [5.41, 5.74) is 0.797. The van der Waals surface area contributed by atoms with E-state index in [0.29, 0.717) is 0 Å². The van der Waals surface area contributed by atoms with Gasteiger partial charge in [-0.1, -0.05) is 18.2 Å². The first-order valence-electron chi connectivity index (χ1n) is 3.59. The highest BCUT2D eigenvalue weighted by Crippen LogP contribution is 2.19. The zero-order valence-electron chi connectivity index (χ0n) is 6.48. The van der Waals surface area contributed by atoms with Gasteiger partial charge >= 0.3 is 5.15 Å². The second kappa shape index (κ2) is 3.32. The Morgan fingerprint density at radius 2 is 2.00 bits per heavy atom. The maximum atomic E-state index is 11.0. The topological polar surface area (TPSA) is 39.8 Å². The van der Waals surface area contributed by atoms with E-state index < -0.39 is 0 Å². The molecule has 0 bridgehead atoms. The molecule has 1 heterocycles. The fourth-order valence-corrected chi connectivity index (χ4v) is 1.74. The average molecular weight is 213 g/mol. The van der Waals surface area contributed by atoms with Crippen LogP contribution in [0.15, 0.2) is 30.3 Å². The Morgan fingerprint density at radius 1 is 1.31 bits per heavy atom. The van der Waals surface area contributed by atoms with E-state index in [1.165, 1.54) is 4.68 Å². The largest absolute Gasteiger partial charge is 0.859 e. The number of rotatable bonds is 1. The molecule has 5 heteroatoms. The van der Waals surface area contributed by atoms with E-state index in [9.17, 15) is 5.11 Å². The van der Waals surface area contributed by atoms with Crippen molar-refractivity contribution < 1.29 is 9.79 Å². The molecule has 0 amide bonds. The molecule has 0 saturated carbocycles. The number of hydrogen-bond donors (Lipinski definition) is 0. The summed E-state index contributed by atoms with van der Waals surface area (Å²) in [7, 11) is 0. The van der Waals surface area contributed by atoms with E-state index in [0.717, 1.165) is 17.2 Å². The van der Waals surface area contributed by atoms with Gasteiger partial charge in [0.05, 0.1) is 9.55 Å². The highest BCUT2D eigenvalue weighted by molar-refractivity contribution is 7.07. The molecule has 0 radical (unpaired) electrons. The molecule has 0 spiro atoms. The van der Waals surface area contributed by atoms with Crippen LogP contribution in [0, 0.1) is 0 Å². The minimum absolute atomic E-state index is 0.135. The summed E-state index contributed by atoms with van der Waals surface area (Å²) in [6.45, 7) is 0. The fraction of sp³-hybridized carbons (Fsp3) is 0. The molecule has 0 atom stereocenters. The summed E-state index contributed by atoms with van der Waals surface area (Å²) in [5, 5.41) is 10.9. The third-order valence-corrected chi connectivity index (χ3v) is 2.61. The second-order valence-corrected chi connectivity index (χ2v) is 3.47. The molecule has 0 fully saturated rings. The predicted molar refractivity (Wildman–Crippen MR) is 48.1 cm³/mol. The lowest BCUT2D eigenvalue weighted by Crippen LogP contribution is -2.32. The molecule has 0 aliphatic carbocycles. The fourth-order valence-electron chi connectivity index (χ4n) is 0.968. The maximum Gasteiger partial charge on any atom is 0.312 e. The molecule has 0 aliphatic rings. The summed E-state index contributed by atoms with van der Waals surface area (Å²) >= 11 is 6.59. The summed E-state index contributed by atoms with van der Waals surface area (Å²) in [6, 6.07) is 9.30. The van der Waals surface area contributed by atoms with Crippen molar-refractivity contribution >= 4 is 23.1 Å². The molecule has 1 aromatic heterocycles. The summed E-state index contributed by atoms with van der Waals surface area (Å²) in [5.74, 6) is 0. The quantitative estimate of drug-likeness (QED) is 0.666. The zero-order chi connectivity index (χ0) is 9.26. The highest BCUT2D eigenvalue weighted by atomic mass is 35.5. The van der Waals surface area contributed by atoms with Crippen molar-refractivity contribution in [1.82, 2.24) is 4.49 Å². The van der Waals surface area contributed by atoms with Crippen molar-refractivity contribution in [1.29, 1.82) is 0 Å². The number of halogens is 1. The maximum absolute atomic E-state index is 11.0. The lowest BCUT2D eigenvalue weighted by Gasteiger charge is -1.91. The predicted octanol–water partition coefficient (Wildman–Crippen LogP) is 1.15. The molecule has 1 aromatic carbocycles. The van der Waals surface area contributed by atoms with E-state index in [-0.39, 0.29) is 10.2 Å². The number of nitrogens with zero attached hydrogens (tertiary/aromatic N) is 2. The van der Waals surface area contributed by atoms with Crippen LogP contribution in [0.2, 0.25) is 5.15 Å². The molecule has 0 unspecified atom stereocenters. The smallest absolute Gasteiger partial charge is 0.312 e. The minimum atomic E-state index is -0.217. The van der Waals surface area contributed by atoms with Crippen LogP contribution in [-0.4, -0.2) is 4.49 Å². The normalized spacial score (nSPS) is 10.2. The van der Waals surface area contributed by atoms with Gasteiger partial charge in [0.2, 0.25) is 5.69 Å². The van der Waals surface area contributed by atoms with E-state index >= 15 is 0 Å². The molecule has 0 aliphatic heterocycles. The number of benzene rings is 1. The first-order valence-corrected chi connectivity index (χ1v) is 4.74. The van der Waals surface area contributed by atoms with Crippen molar-refractivity contribution in [3.05, 3.63) is 35.5 Å². The van der Waals surface area contributed by atoms with Gasteiger partial charge in [-0.05, 0) is 16.3 Å². The van der Waals surface area contributed by atoms with Gasteiger partial charge in [0.1, 0.15) is 0 Å². The van der Waals surface area contributed by atoms with Crippen molar-refractivity contribution in [2.24, 2.45) is 0 Å². The average Bonchev–Trinajstić information content (AvgIpc) is 2.49. The zero-order valence-corrected chi connectivity index (χ0v) is 8.05. The standard InChI is InChI=1S/C8H5ClN2OS/c9-7-8(12)13-10-11(7)6-4-2-1-3-5-6/h1-5H. The van der Waals surface area contributed by atoms with Crippen LogP contribution < -0.4 is 9.79 Å². The molecular weight excluding hydrogens is 208 g/mol. The van der Waals surface area contributed by atoms with Gasteiger partial charge in [-0.2, -0.15) is 0 Å². The third kappa shape index (κ3) is 1.50. The van der Waals surface area contributed by atoms with Crippen molar-refractivity contribution in [3.63, 3.8) is 0 Å². The van der Waals surface area contributed by atoms with Crippen LogP contribution in [0.1, 0.15) is 0 Å². The van der Waals surface area contributed by atoms with Gasteiger partial charge in [-0.3, -0.25) is 0 Å². The van der Waals surface area contributed by atoms with Crippen LogP contribution in [-0.2, 0) is 0 Å². The van der Waals surface area contributed by atoms with Gasteiger partial charge in [-0.25, -0.2) is 0 Å². The number of aromatic nitrogens is 2. The van der Waals surface area contributed by atoms with Crippen LogP contribution >= 0.6 is 23.1 Å². The molecule has 2 aromatic rings. The van der Waals surface area contributed by atoms with Crippen molar-refractivity contribution in [2.45, 2.75) is 0 Å². The molecule has 2 rings (SSSR count). The Labute approximate surface area is 84.0 Å². The van der Waals surface area contributed by atoms with Gasteiger partial charge in [0.15, 0.2) is 0 Å². The SMILES string of the molecule is [O-]c1sn[n+](-c2ccccc2)c1Cl. The van der Waals surface area contributed by atoms with Crippen LogP contribution in [0.5, 0.6) is 5.06 Å². The van der Waals surface area contributed by atoms with E-state index in [4.69, 9.17) is 11.6 Å². The van der Waals surface area contributed by atoms with E-state index in [2.05, 4.69) is 4.49 Å². The van der Waals surface area contributed by atoms with Gasteiger partial charge in [0.25, 0.3) is 0 Å². The van der Waals surface area contributed by atoms with Crippen molar-refractivity contribution in [2.75, 3.05) is 0 Å². The summed E-state index contributed by atoms with van der Waals surface area (Å²) in [6.07, 6.45) is 0. The Kier molecular flexibility index (Phi) is 2.16.